The predicted molar refractivity (Wildman–Crippen MR) is 71.1 cm³/mol. The fourth-order valence-corrected chi connectivity index (χ4v) is 1.80. The van der Waals surface area contributed by atoms with Gasteiger partial charge in [0.1, 0.15) is 17.1 Å². The van der Waals surface area contributed by atoms with Gasteiger partial charge in [-0.05, 0) is 32.0 Å². The Hall–Kier alpha value is -2.30. The van der Waals surface area contributed by atoms with Crippen molar-refractivity contribution in [2.24, 2.45) is 0 Å². The molecule has 0 aliphatic rings. The first-order valence-electron chi connectivity index (χ1n) is 5.95. The van der Waals surface area contributed by atoms with Crippen LogP contribution in [0.1, 0.15) is 27.6 Å². The summed E-state index contributed by atoms with van der Waals surface area (Å²) in [5.41, 5.74) is 2.32. The first-order chi connectivity index (χ1) is 9.11. The van der Waals surface area contributed by atoms with E-state index in [2.05, 4.69) is 15.0 Å². The molecule has 0 saturated heterocycles. The van der Waals surface area contributed by atoms with Gasteiger partial charge in [0, 0.05) is 6.20 Å². The molecular weight excluding hydrogens is 244 g/mol. The topological polar surface area (TPSA) is 64.4 Å². The number of rotatable bonds is 4. The summed E-state index contributed by atoms with van der Waals surface area (Å²) < 4.78 is 10.2. The largest absolute Gasteiger partial charge is 0.465 e. The maximum absolute atomic E-state index is 11.5. The van der Waals surface area contributed by atoms with Crippen molar-refractivity contribution in [2.45, 2.75) is 20.4 Å². The summed E-state index contributed by atoms with van der Waals surface area (Å²) in [4.78, 5) is 15.7. The molecule has 0 fully saturated rings. The number of anilines is 1. The van der Waals surface area contributed by atoms with Gasteiger partial charge in [-0.1, -0.05) is 0 Å². The average Bonchev–Trinajstić information content (AvgIpc) is 2.78. The number of hydrogen-bond acceptors (Lipinski definition) is 5. The molecule has 0 atom stereocenters. The molecule has 0 spiro atoms. The number of pyridine rings is 1. The second kappa shape index (κ2) is 5.56. The molecule has 100 valence electrons. The second-order valence-electron chi connectivity index (χ2n) is 4.16. The van der Waals surface area contributed by atoms with Crippen LogP contribution in [-0.2, 0) is 11.3 Å². The lowest BCUT2D eigenvalue weighted by Crippen LogP contribution is -2.02. The third kappa shape index (κ3) is 2.93. The molecule has 0 radical (unpaired) electrons. The van der Waals surface area contributed by atoms with Crippen LogP contribution in [0.5, 0.6) is 0 Å². The highest BCUT2D eigenvalue weighted by atomic mass is 16.5. The molecule has 5 heteroatoms. The van der Waals surface area contributed by atoms with Crippen molar-refractivity contribution in [3.8, 4) is 0 Å². The number of methoxy groups -OCH3 is 1. The Kier molecular flexibility index (Phi) is 3.85. The molecule has 5 nitrogen and oxygen atoms in total. The Morgan fingerprint density at radius 1 is 1.47 bits per heavy atom. The van der Waals surface area contributed by atoms with Crippen LogP contribution in [0.15, 0.2) is 28.8 Å². The van der Waals surface area contributed by atoms with Gasteiger partial charge in [-0.3, -0.25) is 4.98 Å². The van der Waals surface area contributed by atoms with E-state index in [0.717, 1.165) is 11.4 Å². The van der Waals surface area contributed by atoms with Crippen LogP contribution < -0.4 is 5.32 Å². The van der Waals surface area contributed by atoms with E-state index in [4.69, 9.17) is 4.42 Å². The summed E-state index contributed by atoms with van der Waals surface area (Å²) in [6.45, 7) is 4.16. The fourth-order valence-electron chi connectivity index (χ4n) is 1.80. The summed E-state index contributed by atoms with van der Waals surface area (Å²) in [7, 11) is 1.35. The molecule has 0 aliphatic heterocycles. The van der Waals surface area contributed by atoms with Gasteiger partial charge in [0.15, 0.2) is 0 Å². The summed E-state index contributed by atoms with van der Waals surface area (Å²) in [5.74, 6) is 0.859. The van der Waals surface area contributed by atoms with Crippen molar-refractivity contribution in [3.05, 3.63) is 47.2 Å². The zero-order valence-corrected chi connectivity index (χ0v) is 11.2. The maximum atomic E-state index is 11.5. The van der Waals surface area contributed by atoms with Gasteiger partial charge in [0.2, 0.25) is 0 Å². The van der Waals surface area contributed by atoms with E-state index in [1.165, 1.54) is 7.11 Å². The zero-order valence-electron chi connectivity index (χ0n) is 11.2. The molecular formula is C14H16N2O3. The lowest BCUT2D eigenvalue weighted by atomic mass is 10.2. The first kappa shape index (κ1) is 13.1. The molecule has 2 heterocycles. The van der Waals surface area contributed by atoms with Crippen LogP contribution in [0.2, 0.25) is 0 Å². The number of ether oxygens (including phenoxy) is 1. The minimum absolute atomic E-state index is 0.384. The highest BCUT2D eigenvalue weighted by molar-refractivity contribution is 5.90. The van der Waals surface area contributed by atoms with Crippen molar-refractivity contribution >= 4 is 11.7 Å². The molecule has 0 aliphatic carbocycles. The molecule has 0 amide bonds. The quantitative estimate of drug-likeness (QED) is 0.856. The fraction of sp³-hybridized carbons (Fsp3) is 0.286. The normalized spacial score (nSPS) is 10.3. The van der Waals surface area contributed by atoms with Crippen molar-refractivity contribution < 1.29 is 13.9 Å². The number of aromatic nitrogens is 1. The summed E-state index contributed by atoms with van der Waals surface area (Å²) in [6, 6.07) is 5.50. The van der Waals surface area contributed by atoms with Crippen LogP contribution in [0.25, 0.3) is 0 Å². The minimum atomic E-state index is -0.384. The van der Waals surface area contributed by atoms with E-state index in [1.54, 1.807) is 19.2 Å². The van der Waals surface area contributed by atoms with Gasteiger partial charge >= 0.3 is 5.97 Å². The smallest absolute Gasteiger partial charge is 0.341 e. The van der Waals surface area contributed by atoms with Gasteiger partial charge in [0.25, 0.3) is 0 Å². The Bertz CT molecular complexity index is 590. The number of aryl methyl sites for hydroxylation is 2. The van der Waals surface area contributed by atoms with E-state index >= 15 is 0 Å². The maximum Gasteiger partial charge on any atom is 0.341 e. The van der Waals surface area contributed by atoms with Gasteiger partial charge < -0.3 is 14.5 Å². The lowest BCUT2D eigenvalue weighted by molar-refractivity contribution is 0.0599. The third-order valence-electron chi connectivity index (χ3n) is 2.83. The van der Waals surface area contributed by atoms with Crippen molar-refractivity contribution in [2.75, 3.05) is 12.4 Å². The molecule has 0 aromatic carbocycles. The highest BCUT2D eigenvalue weighted by Crippen LogP contribution is 2.18. The minimum Gasteiger partial charge on any atom is -0.465 e. The van der Waals surface area contributed by atoms with Crippen LogP contribution in [0.4, 0.5) is 5.69 Å². The Morgan fingerprint density at radius 3 is 2.95 bits per heavy atom. The van der Waals surface area contributed by atoms with Gasteiger partial charge in [-0.2, -0.15) is 0 Å². The number of carbonyl (C=O) groups excluding carboxylic acids is 1. The molecule has 0 bridgehead atoms. The van der Waals surface area contributed by atoms with Gasteiger partial charge in [-0.15, -0.1) is 0 Å². The Labute approximate surface area is 111 Å². The van der Waals surface area contributed by atoms with Crippen LogP contribution >= 0.6 is 0 Å². The zero-order chi connectivity index (χ0) is 13.8. The summed E-state index contributed by atoms with van der Waals surface area (Å²) >= 11 is 0. The van der Waals surface area contributed by atoms with Gasteiger partial charge in [-0.25, -0.2) is 4.79 Å². The molecule has 19 heavy (non-hydrogen) atoms. The summed E-state index contributed by atoms with van der Waals surface area (Å²) in [5, 5.41) is 3.22. The molecule has 2 aromatic heterocycles. The monoisotopic (exact) mass is 260 g/mol. The number of furan rings is 1. The van der Waals surface area contributed by atoms with E-state index in [-0.39, 0.29) is 5.97 Å². The number of nitrogens with one attached hydrogen (secondary N) is 1. The van der Waals surface area contributed by atoms with Crippen molar-refractivity contribution in [1.82, 2.24) is 4.98 Å². The number of esters is 1. The molecule has 2 aromatic rings. The predicted octanol–water partition coefficient (Wildman–Crippen LogP) is 2.69. The third-order valence-corrected chi connectivity index (χ3v) is 2.83. The average molecular weight is 260 g/mol. The molecule has 2 rings (SSSR count). The van der Waals surface area contributed by atoms with E-state index in [9.17, 15) is 4.79 Å². The Balaban J connectivity index is 2.09. The lowest BCUT2D eigenvalue weighted by Gasteiger charge is -2.06. The second-order valence-corrected chi connectivity index (χ2v) is 4.16. The van der Waals surface area contributed by atoms with E-state index in [1.807, 2.05) is 19.1 Å². The van der Waals surface area contributed by atoms with Crippen LogP contribution in [0.3, 0.4) is 0 Å². The molecule has 0 saturated carbocycles. The standard InChI is InChI=1S/C14H16N2O3/c1-9-13(5-4-6-15-9)16-8-11-7-12(10(2)19-11)14(17)18-3/h4-7,16H,8H2,1-3H3. The summed E-state index contributed by atoms with van der Waals surface area (Å²) in [6.07, 6.45) is 1.74. The highest BCUT2D eigenvalue weighted by Gasteiger charge is 2.15. The van der Waals surface area contributed by atoms with E-state index in [0.29, 0.717) is 23.6 Å². The first-order valence-corrected chi connectivity index (χ1v) is 5.95. The number of hydrogen-bond donors (Lipinski definition) is 1. The molecule has 0 unspecified atom stereocenters. The van der Waals surface area contributed by atoms with Crippen LogP contribution in [-0.4, -0.2) is 18.1 Å². The number of nitrogens with zero attached hydrogens (tertiary/aromatic N) is 1. The van der Waals surface area contributed by atoms with E-state index < -0.39 is 0 Å². The molecule has 1 N–H and O–H groups in total. The van der Waals surface area contributed by atoms with Crippen LogP contribution in [0, 0.1) is 13.8 Å². The number of carbonyl (C=O) groups is 1. The van der Waals surface area contributed by atoms with Crippen molar-refractivity contribution in [1.29, 1.82) is 0 Å². The Morgan fingerprint density at radius 2 is 2.26 bits per heavy atom. The SMILES string of the molecule is COC(=O)c1cc(CNc2cccnc2C)oc1C. The van der Waals surface area contributed by atoms with Crippen molar-refractivity contribution in [3.63, 3.8) is 0 Å². The van der Waals surface area contributed by atoms with Gasteiger partial charge in [0.05, 0.1) is 25.0 Å².